The van der Waals surface area contributed by atoms with Crippen molar-refractivity contribution < 1.29 is 4.79 Å². The maximum atomic E-state index is 12.1. The molecule has 2 N–H and O–H groups in total. The quantitative estimate of drug-likeness (QED) is 0.786. The highest BCUT2D eigenvalue weighted by molar-refractivity contribution is 5.79. The van der Waals surface area contributed by atoms with Crippen LogP contribution in [0.3, 0.4) is 0 Å². The molecule has 0 aromatic carbocycles. The Morgan fingerprint density at radius 1 is 1.41 bits per heavy atom. The van der Waals surface area contributed by atoms with E-state index in [-0.39, 0.29) is 11.3 Å². The first-order valence-electron chi connectivity index (χ1n) is 7.08. The highest BCUT2D eigenvalue weighted by atomic mass is 16.1. The Balaban J connectivity index is 1.70. The van der Waals surface area contributed by atoms with Crippen LogP contribution in [0.1, 0.15) is 46.0 Å². The fraction of sp³-hybridized carbons (Fsp3) is 0.929. The predicted molar refractivity (Wildman–Crippen MR) is 69.7 cm³/mol. The molecule has 3 nitrogen and oxygen atoms in total. The zero-order valence-electron chi connectivity index (χ0n) is 11.2. The molecule has 3 heteroatoms. The molecular weight excluding hydrogens is 212 g/mol. The van der Waals surface area contributed by atoms with Crippen molar-refractivity contribution in [3.8, 4) is 0 Å². The lowest BCUT2D eigenvalue weighted by Gasteiger charge is -2.26. The molecule has 1 amide bonds. The van der Waals surface area contributed by atoms with E-state index in [0.717, 1.165) is 38.4 Å². The second-order valence-corrected chi connectivity index (χ2v) is 6.37. The summed E-state index contributed by atoms with van der Waals surface area (Å²) in [5, 5.41) is 6.51. The summed E-state index contributed by atoms with van der Waals surface area (Å²) in [4.78, 5) is 12.1. The summed E-state index contributed by atoms with van der Waals surface area (Å²) in [7, 11) is 0. The highest BCUT2D eigenvalue weighted by Crippen LogP contribution is 2.42. The second-order valence-electron chi connectivity index (χ2n) is 6.37. The molecule has 2 rings (SSSR count). The Hall–Kier alpha value is -0.570. The third-order valence-corrected chi connectivity index (χ3v) is 4.59. The van der Waals surface area contributed by atoms with Crippen LogP contribution in [0.4, 0.5) is 0 Å². The van der Waals surface area contributed by atoms with Gasteiger partial charge in [-0.2, -0.15) is 0 Å². The predicted octanol–water partition coefficient (Wildman–Crippen LogP) is 1.93. The van der Waals surface area contributed by atoms with Crippen molar-refractivity contribution in [3.05, 3.63) is 0 Å². The van der Waals surface area contributed by atoms with Crippen molar-refractivity contribution in [2.45, 2.75) is 46.0 Å². The Morgan fingerprint density at radius 2 is 2.24 bits per heavy atom. The Labute approximate surface area is 105 Å². The first-order chi connectivity index (χ1) is 8.09. The molecule has 1 aliphatic carbocycles. The maximum absolute atomic E-state index is 12.1. The molecule has 0 radical (unpaired) electrons. The zero-order chi connectivity index (χ0) is 12.3. The number of carbonyl (C=O) groups is 1. The van der Waals surface area contributed by atoms with Gasteiger partial charge in [0.25, 0.3) is 0 Å². The molecular formula is C14H26N2O. The average molecular weight is 238 g/mol. The van der Waals surface area contributed by atoms with Gasteiger partial charge >= 0.3 is 0 Å². The molecule has 2 fully saturated rings. The monoisotopic (exact) mass is 238 g/mol. The van der Waals surface area contributed by atoms with Gasteiger partial charge in [-0.25, -0.2) is 0 Å². The van der Waals surface area contributed by atoms with Gasteiger partial charge in [0.05, 0.1) is 0 Å². The standard InChI is InChI=1S/C14H26N2O/c1-14(2)7-3-4-12(14)13(17)16-9-6-11-5-8-15-10-11/h11-12,15H,3-10H2,1-2H3,(H,16,17). The van der Waals surface area contributed by atoms with Gasteiger partial charge in [-0.1, -0.05) is 20.3 Å². The summed E-state index contributed by atoms with van der Waals surface area (Å²) in [5.74, 6) is 1.30. The molecule has 2 unspecified atom stereocenters. The van der Waals surface area contributed by atoms with E-state index in [9.17, 15) is 4.79 Å². The second kappa shape index (κ2) is 5.38. The smallest absolute Gasteiger partial charge is 0.223 e. The normalized spacial score (nSPS) is 31.6. The molecule has 17 heavy (non-hydrogen) atoms. The van der Waals surface area contributed by atoms with Crippen LogP contribution in [0.15, 0.2) is 0 Å². The number of amides is 1. The van der Waals surface area contributed by atoms with Crippen LogP contribution in [-0.4, -0.2) is 25.5 Å². The van der Waals surface area contributed by atoms with E-state index in [0.29, 0.717) is 5.91 Å². The highest BCUT2D eigenvalue weighted by Gasteiger charge is 2.38. The van der Waals surface area contributed by atoms with E-state index >= 15 is 0 Å². The number of nitrogens with one attached hydrogen (secondary N) is 2. The Kier molecular flexibility index (Phi) is 4.08. The molecule has 0 spiro atoms. The molecule has 1 heterocycles. The third-order valence-electron chi connectivity index (χ3n) is 4.59. The molecule has 0 bridgehead atoms. The van der Waals surface area contributed by atoms with Gasteiger partial charge in [0.2, 0.25) is 5.91 Å². The van der Waals surface area contributed by atoms with Gasteiger partial charge in [-0.15, -0.1) is 0 Å². The van der Waals surface area contributed by atoms with Crippen LogP contribution in [0.2, 0.25) is 0 Å². The molecule has 0 aromatic heterocycles. The van der Waals surface area contributed by atoms with E-state index in [1.165, 1.54) is 19.3 Å². The molecule has 98 valence electrons. The maximum Gasteiger partial charge on any atom is 0.223 e. The van der Waals surface area contributed by atoms with Gasteiger partial charge in [0.15, 0.2) is 0 Å². The van der Waals surface area contributed by atoms with Crippen molar-refractivity contribution in [2.24, 2.45) is 17.3 Å². The van der Waals surface area contributed by atoms with E-state index in [1.54, 1.807) is 0 Å². The fourth-order valence-corrected chi connectivity index (χ4v) is 3.30. The topological polar surface area (TPSA) is 41.1 Å². The van der Waals surface area contributed by atoms with Gasteiger partial charge in [-0.05, 0) is 50.1 Å². The summed E-state index contributed by atoms with van der Waals surface area (Å²) < 4.78 is 0. The first kappa shape index (κ1) is 12.9. The minimum atomic E-state index is 0.207. The Morgan fingerprint density at radius 3 is 2.82 bits per heavy atom. The lowest BCUT2D eigenvalue weighted by molar-refractivity contribution is -0.127. The first-order valence-corrected chi connectivity index (χ1v) is 7.08. The zero-order valence-corrected chi connectivity index (χ0v) is 11.2. The van der Waals surface area contributed by atoms with Gasteiger partial charge in [0.1, 0.15) is 0 Å². The van der Waals surface area contributed by atoms with Crippen molar-refractivity contribution in [3.63, 3.8) is 0 Å². The van der Waals surface area contributed by atoms with Crippen LogP contribution < -0.4 is 10.6 Å². The minimum absolute atomic E-state index is 0.207. The number of carbonyl (C=O) groups excluding carboxylic acids is 1. The number of hydrogen-bond donors (Lipinski definition) is 2. The summed E-state index contributed by atoms with van der Waals surface area (Å²) in [6.45, 7) is 7.59. The molecule has 1 saturated heterocycles. The largest absolute Gasteiger partial charge is 0.356 e. The van der Waals surface area contributed by atoms with E-state index < -0.39 is 0 Å². The summed E-state index contributed by atoms with van der Waals surface area (Å²) >= 11 is 0. The lowest BCUT2D eigenvalue weighted by atomic mass is 9.81. The molecule has 1 aliphatic heterocycles. The van der Waals surface area contributed by atoms with Crippen LogP contribution in [-0.2, 0) is 4.79 Å². The summed E-state index contributed by atoms with van der Waals surface area (Å²) in [5.41, 5.74) is 0.207. The van der Waals surface area contributed by atoms with Crippen molar-refractivity contribution in [1.82, 2.24) is 10.6 Å². The molecule has 0 aromatic rings. The van der Waals surface area contributed by atoms with Crippen LogP contribution in [0.25, 0.3) is 0 Å². The van der Waals surface area contributed by atoms with E-state index in [2.05, 4.69) is 24.5 Å². The summed E-state index contributed by atoms with van der Waals surface area (Å²) in [6, 6.07) is 0. The SMILES string of the molecule is CC1(C)CCCC1C(=O)NCCC1CCNC1. The van der Waals surface area contributed by atoms with Crippen LogP contribution in [0, 0.1) is 17.3 Å². The number of rotatable bonds is 4. The molecule has 2 atom stereocenters. The van der Waals surface area contributed by atoms with E-state index in [1.807, 2.05) is 0 Å². The van der Waals surface area contributed by atoms with E-state index in [4.69, 9.17) is 0 Å². The Bertz CT molecular complexity index is 269. The molecule has 1 saturated carbocycles. The van der Waals surface area contributed by atoms with Crippen molar-refractivity contribution in [2.75, 3.05) is 19.6 Å². The van der Waals surface area contributed by atoms with Gasteiger partial charge in [-0.3, -0.25) is 4.79 Å². The van der Waals surface area contributed by atoms with Crippen molar-refractivity contribution in [1.29, 1.82) is 0 Å². The number of hydrogen-bond acceptors (Lipinski definition) is 2. The van der Waals surface area contributed by atoms with Crippen LogP contribution >= 0.6 is 0 Å². The minimum Gasteiger partial charge on any atom is -0.356 e. The van der Waals surface area contributed by atoms with Gasteiger partial charge in [0, 0.05) is 12.5 Å². The third kappa shape index (κ3) is 3.21. The van der Waals surface area contributed by atoms with Crippen LogP contribution in [0.5, 0.6) is 0 Å². The lowest BCUT2D eigenvalue weighted by Crippen LogP contribution is -2.37. The molecule has 2 aliphatic rings. The summed E-state index contributed by atoms with van der Waals surface area (Å²) in [6.07, 6.45) is 5.87. The average Bonchev–Trinajstić information content (AvgIpc) is 2.87. The fourth-order valence-electron chi connectivity index (χ4n) is 3.30. The van der Waals surface area contributed by atoms with Crippen molar-refractivity contribution >= 4 is 5.91 Å². The van der Waals surface area contributed by atoms with Gasteiger partial charge < -0.3 is 10.6 Å².